The van der Waals surface area contributed by atoms with Gasteiger partial charge in [-0.15, -0.1) is 0 Å². The molecule has 8 heteroatoms. The summed E-state index contributed by atoms with van der Waals surface area (Å²) in [7, 11) is 1.25. The monoisotopic (exact) mass is 330 g/mol. The molecule has 2 aromatic rings. The lowest BCUT2D eigenvalue weighted by Crippen LogP contribution is -2.21. The van der Waals surface area contributed by atoms with Gasteiger partial charge in [-0.1, -0.05) is 12.1 Å². The number of benzene rings is 2. The summed E-state index contributed by atoms with van der Waals surface area (Å²) in [5, 5.41) is 13.1. The Bertz CT molecular complexity index is 757. The van der Waals surface area contributed by atoms with E-state index in [-0.39, 0.29) is 17.9 Å². The highest BCUT2D eigenvalue weighted by atomic mass is 16.6. The SMILES string of the molecule is COC(=O)c1ccccc1NC(=O)COc1ccc([N+](=O)[O-])cc1. The molecular weight excluding hydrogens is 316 g/mol. The highest BCUT2D eigenvalue weighted by Gasteiger charge is 2.13. The first-order valence-corrected chi connectivity index (χ1v) is 6.85. The van der Waals surface area contributed by atoms with Crippen LogP contribution in [0.4, 0.5) is 11.4 Å². The number of methoxy groups -OCH3 is 1. The molecule has 0 aromatic heterocycles. The minimum Gasteiger partial charge on any atom is -0.484 e. The number of esters is 1. The van der Waals surface area contributed by atoms with Gasteiger partial charge in [0.1, 0.15) is 5.75 Å². The van der Waals surface area contributed by atoms with Gasteiger partial charge in [-0.05, 0) is 24.3 Å². The van der Waals surface area contributed by atoms with Gasteiger partial charge < -0.3 is 14.8 Å². The summed E-state index contributed by atoms with van der Waals surface area (Å²) in [6, 6.07) is 11.8. The summed E-state index contributed by atoms with van der Waals surface area (Å²) >= 11 is 0. The molecule has 0 saturated carbocycles. The van der Waals surface area contributed by atoms with Crippen molar-refractivity contribution in [2.24, 2.45) is 0 Å². The molecular formula is C16H14N2O6. The number of rotatable bonds is 6. The lowest BCUT2D eigenvalue weighted by Gasteiger charge is -2.10. The number of nitro groups is 1. The predicted molar refractivity (Wildman–Crippen MR) is 85.0 cm³/mol. The van der Waals surface area contributed by atoms with Crippen LogP contribution in [-0.4, -0.2) is 30.5 Å². The van der Waals surface area contributed by atoms with E-state index in [1.807, 2.05) is 0 Å². The third-order valence-corrected chi connectivity index (χ3v) is 3.02. The number of ether oxygens (including phenoxy) is 2. The fraction of sp³-hybridized carbons (Fsp3) is 0.125. The molecule has 0 bridgehead atoms. The number of amides is 1. The molecule has 0 unspecified atom stereocenters. The summed E-state index contributed by atoms with van der Waals surface area (Å²) in [5.41, 5.74) is 0.462. The number of hydrogen-bond donors (Lipinski definition) is 1. The van der Waals surface area contributed by atoms with Gasteiger partial charge in [-0.3, -0.25) is 14.9 Å². The van der Waals surface area contributed by atoms with Crippen LogP contribution in [0.5, 0.6) is 5.75 Å². The topological polar surface area (TPSA) is 108 Å². The number of nitro benzene ring substituents is 1. The highest BCUT2D eigenvalue weighted by molar-refractivity contribution is 6.01. The Kier molecular flexibility index (Phi) is 5.45. The van der Waals surface area contributed by atoms with Gasteiger partial charge >= 0.3 is 5.97 Å². The Morgan fingerprint density at radius 3 is 2.42 bits per heavy atom. The first kappa shape index (κ1) is 16.9. The van der Waals surface area contributed by atoms with E-state index in [1.165, 1.54) is 37.4 Å². The van der Waals surface area contributed by atoms with Crippen LogP contribution < -0.4 is 10.1 Å². The number of carbonyl (C=O) groups is 2. The van der Waals surface area contributed by atoms with Crippen molar-refractivity contribution in [3.63, 3.8) is 0 Å². The second kappa shape index (κ2) is 7.73. The minimum absolute atomic E-state index is 0.0705. The second-order valence-electron chi connectivity index (χ2n) is 4.63. The number of hydrogen-bond acceptors (Lipinski definition) is 6. The molecule has 0 aliphatic heterocycles. The van der Waals surface area contributed by atoms with E-state index >= 15 is 0 Å². The predicted octanol–water partition coefficient (Wildman–Crippen LogP) is 2.40. The van der Waals surface area contributed by atoms with Gasteiger partial charge in [-0.2, -0.15) is 0 Å². The lowest BCUT2D eigenvalue weighted by molar-refractivity contribution is -0.384. The summed E-state index contributed by atoms with van der Waals surface area (Å²) in [6.45, 7) is -0.312. The van der Waals surface area contributed by atoms with Crippen LogP contribution in [0.2, 0.25) is 0 Å². The van der Waals surface area contributed by atoms with Crippen molar-refractivity contribution in [2.45, 2.75) is 0 Å². The molecule has 1 amide bonds. The van der Waals surface area contributed by atoms with Gasteiger partial charge in [0.2, 0.25) is 0 Å². The minimum atomic E-state index is -0.567. The molecule has 124 valence electrons. The second-order valence-corrected chi connectivity index (χ2v) is 4.63. The normalized spacial score (nSPS) is 9.88. The van der Waals surface area contributed by atoms with E-state index < -0.39 is 16.8 Å². The fourth-order valence-corrected chi connectivity index (χ4v) is 1.88. The third kappa shape index (κ3) is 4.29. The number of carbonyl (C=O) groups excluding carboxylic acids is 2. The van der Waals surface area contributed by atoms with Crippen LogP contribution >= 0.6 is 0 Å². The number of para-hydroxylation sites is 1. The van der Waals surface area contributed by atoms with E-state index in [0.717, 1.165) is 0 Å². The standard InChI is InChI=1S/C16H14N2O6/c1-23-16(20)13-4-2-3-5-14(13)17-15(19)10-24-12-8-6-11(7-9-12)18(21)22/h2-9H,10H2,1H3,(H,17,19). The van der Waals surface area contributed by atoms with Crippen molar-refractivity contribution < 1.29 is 24.0 Å². The van der Waals surface area contributed by atoms with Crippen molar-refractivity contribution in [3.8, 4) is 5.75 Å². The molecule has 0 aliphatic rings. The van der Waals surface area contributed by atoms with E-state index in [2.05, 4.69) is 10.1 Å². The molecule has 0 aliphatic carbocycles. The number of anilines is 1. The van der Waals surface area contributed by atoms with Crippen LogP contribution in [0.15, 0.2) is 48.5 Å². The van der Waals surface area contributed by atoms with E-state index in [9.17, 15) is 19.7 Å². The average Bonchev–Trinajstić information content (AvgIpc) is 2.60. The molecule has 0 radical (unpaired) electrons. The molecule has 0 heterocycles. The van der Waals surface area contributed by atoms with E-state index in [1.54, 1.807) is 18.2 Å². The lowest BCUT2D eigenvalue weighted by atomic mass is 10.2. The van der Waals surface area contributed by atoms with Gasteiger partial charge in [0.05, 0.1) is 23.3 Å². The molecule has 2 aromatic carbocycles. The first-order chi connectivity index (χ1) is 11.5. The van der Waals surface area contributed by atoms with Crippen molar-refractivity contribution in [1.82, 2.24) is 0 Å². The Balaban J connectivity index is 1.96. The zero-order valence-electron chi connectivity index (χ0n) is 12.7. The van der Waals surface area contributed by atoms with Crippen LogP contribution in [0.3, 0.4) is 0 Å². The van der Waals surface area contributed by atoms with Crippen LogP contribution in [0.1, 0.15) is 10.4 Å². The quantitative estimate of drug-likeness (QED) is 0.495. The van der Waals surface area contributed by atoms with Gasteiger partial charge in [-0.25, -0.2) is 4.79 Å². The zero-order chi connectivity index (χ0) is 17.5. The first-order valence-electron chi connectivity index (χ1n) is 6.85. The van der Waals surface area contributed by atoms with Crippen LogP contribution in [0, 0.1) is 10.1 Å². The molecule has 0 fully saturated rings. The molecule has 0 saturated heterocycles. The average molecular weight is 330 g/mol. The summed E-state index contributed by atoms with van der Waals surface area (Å²) in [5.74, 6) is -0.733. The highest BCUT2D eigenvalue weighted by Crippen LogP contribution is 2.18. The van der Waals surface area contributed by atoms with Gasteiger partial charge in [0, 0.05) is 12.1 Å². The smallest absolute Gasteiger partial charge is 0.339 e. The van der Waals surface area contributed by atoms with Crippen LogP contribution in [0.25, 0.3) is 0 Å². The molecule has 8 nitrogen and oxygen atoms in total. The van der Waals surface area contributed by atoms with E-state index in [4.69, 9.17) is 4.74 Å². The molecule has 24 heavy (non-hydrogen) atoms. The number of nitrogens with zero attached hydrogens (tertiary/aromatic N) is 1. The maximum Gasteiger partial charge on any atom is 0.339 e. The zero-order valence-corrected chi connectivity index (χ0v) is 12.7. The van der Waals surface area contributed by atoms with Crippen molar-refractivity contribution in [2.75, 3.05) is 19.0 Å². The van der Waals surface area contributed by atoms with Crippen molar-refractivity contribution in [3.05, 3.63) is 64.2 Å². The Morgan fingerprint density at radius 1 is 1.12 bits per heavy atom. The largest absolute Gasteiger partial charge is 0.484 e. The molecule has 0 spiro atoms. The van der Waals surface area contributed by atoms with Crippen LogP contribution in [-0.2, 0) is 9.53 Å². The molecule has 0 atom stereocenters. The van der Waals surface area contributed by atoms with Gasteiger partial charge in [0.25, 0.3) is 11.6 Å². The maximum atomic E-state index is 11.9. The molecule has 1 N–H and O–H groups in total. The summed E-state index contributed by atoms with van der Waals surface area (Å²) in [4.78, 5) is 33.6. The van der Waals surface area contributed by atoms with E-state index in [0.29, 0.717) is 11.4 Å². The fourth-order valence-electron chi connectivity index (χ4n) is 1.88. The summed E-state index contributed by atoms with van der Waals surface area (Å²) in [6.07, 6.45) is 0. The Morgan fingerprint density at radius 2 is 1.79 bits per heavy atom. The number of non-ortho nitro benzene ring substituents is 1. The maximum absolute atomic E-state index is 11.9. The third-order valence-electron chi connectivity index (χ3n) is 3.02. The summed E-state index contributed by atoms with van der Waals surface area (Å²) < 4.78 is 9.89. The Hall–Kier alpha value is -3.42. The molecule has 2 rings (SSSR count). The van der Waals surface area contributed by atoms with Crippen molar-refractivity contribution >= 4 is 23.3 Å². The Labute approximate surface area is 137 Å². The van der Waals surface area contributed by atoms with Gasteiger partial charge in [0.15, 0.2) is 6.61 Å². The van der Waals surface area contributed by atoms with Crippen molar-refractivity contribution in [1.29, 1.82) is 0 Å². The number of nitrogens with one attached hydrogen (secondary N) is 1.